The van der Waals surface area contributed by atoms with Crippen molar-refractivity contribution < 1.29 is 14.6 Å². The Bertz CT molecular complexity index is 621. The fourth-order valence-electron chi connectivity index (χ4n) is 1.63. The van der Waals surface area contributed by atoms with E-state index in [1.165, 1.54) is 6.08 Å². The zero-order valence-corrected chi connectivity index (χ0v) is 11.0. The van der Waals surface area contributed by atoms with Crippen LogP contribution in [-0.2, 0) is 4.79 Å². The molecule has 2 aromatic rings. The monoisotopic (exact) mass is 270 g/mol. The third-order valence-corrected chi connectivity index (χ3v) is 2.50. The summed E-state index contributed by atoms with van der Waals surface area (Å²) in [4.78, 5) is 19.0. The number of ether oxygens (including phenoxy) is 1. The second-order valence-corrected chi connectivity index (χ2v) is 3.93. The van der Waals surface area contributed by atoms with Crippen LogP contribution in [-0.4, -0.2) is 27.7 Å². The molecular weight excluding hydrogens is 256 g/mol. The van der Waals surface area contributed by atoms with Crippen molar-refractivity contribution in [3.63, 3.8) is 0 Å². The predicted octanol–water partition coefficient (Wildman–Crippen LogP) is 2.64. The normalized spacial score (nSPS) is 10.7. The highest BCUT2D eigenvalue weighted by molar-refractivity contribution is 5.84. The van der Waals surface area contributed by atoms with Crippen molar-refractivity contribution in [2.75, 3.05) is 6.61 Å². The summed E-state index contributed by atoms with van der Waals surface area (Å²) in [6, 6.07) is 9.08. The van der Waals surface area contributed by atoms with E-state index in [0.717, 1.165) is 17.4 Å². The summed E-state index contributed by atoms with van der Waals surface area (Å²) in [5.74, 6) is 0.324. The van der Waals surface area contributed by atoms with Gasteiger partial charge in [-0.1, -0.05) is 0 Å². The summed E-state index contributed by atoms with van der Waals surface area (Å²) in [5.41, 5.74) is 1.39. The molecule has 1 aromatic carbocycles. The third kappa shape index (κ3) is 3.65. The van der Waals surface area contributed by atoms with Gasteiger partial charge in [0.15, 0.2) is 5.82 Å². The molecule has 2 rings (SSSR count). The zero-order valence-electron chi connectivity index (χ0n) is 11.0. The summed E-state index contributed by atoms with van der Waals surface area (Å²) in [7, 11) is 0. The van der Waals surface area contributed by atoms with Crippen molar-refractivity contribution in [1.82, 2.24) is 9.97 Å². The van der Waals surface area contributed by atoms with Crippen LogP contribution in [0.15, 0.2) is 42.6 Å². The van der Waals surface area contributed by atoms with E-state index < -0.39 is 5.97 Å². The number of carbonyl (C=O) groups is 1. The summed E-state index contributed by atoms with van der Waals surface area (Å²) in [5, 5.41) is 8.60. The molecule has 0 saturated heterocycles. The van der Waals surface area contributed by atoms with E-state index in [4.69, 9.17) is 9.84 Å². The molecule has 102 valence electrons. The molecule has 20 heavy (non-hydrogen) atoms. The van der Waals surface area contributed by atoms with Crippen LogP contribution < -0.4 is 4.74 Å². The van der Waals surface area contributed by atoms with E-state index in [9.17, 15) is 4.79 Å². The summed E-state index contributed by atoms with van der Waals surface area (Å²) < 4.78 is 5.37. The highest BCUT2D eigenvalue weighted by Gasteiger charge is 2.02. The van der Waals surface area contributed by atoms with Crippen LogP contribution in [0.1, 0.15) is 12.6 Å². The molecule has 0 unspecified atom stereocenters. The average Bonchev–Trinajstić information content (AvgIpc) is 2.47. The van der Waals surface area contributed by atoms with Crippen LogP contribution in [0.2, 0.25) is 0 Å². The summed E-state index contributed by atoms with van der Waals surface area (Å²) in [6.45, 7) is 2.54. The molecule has 1 aromatic heterocycles. The Balaban J connectivity index is 2.24. The fourth-order valence-corrected chi connectivity index (χ4v) is 1.63. The highest BCUT2D eigenvalue weighted by atomic mass is 16.5. The van der Waals surface area contributed by atoms with E-state index >= 15 is 0 Å². The molecule has 0 fully saturated rings. The molecule has 5 nitrogen and oxygen atoms in total. The number of aliphatic carboxylic acids is 1. The molecule has 0 amide bonds. The van der Waals surface area contributed by atoms with Crippen molar-refractivity contribution in [1.29, 1.82) is 0 Å². The van der Waals surface area contributed by atoms with Crippen LogP contribution in [0, 0.1) is 0 Å². The number of benzene rings is 1. The van der Waals surface area contributed by atoms with E-state index in [1.54, 1.807) is 12.3 Å². The molecule has 0 aliphatic carbocycles. The Morgan fingerprint density at radius 2 is 2.05 bits per heavy atom. The van der Waals surface area contributed by atoms with Crippen LogP contribution in [0.25, 0.3) is 17.5 Å². The standard InChI is InChI=1S/C15H14N2O3/c1-2-20-13-6-3-11(4-7-13)15-16-10-9-12(17-15)5-8-14(18)19/h3-10H,2H2,1H3,(H,18,19)/b8-5+. The van der Waals surface area contributed by atoms with Gasteiger partial charge in [-0.05, 0) is 43.3 Å². The van der Waals surface area contributed by atoms with Gasteiger partial charge in [-0.2, -0.15) is 0 Å². The van der Waals surface area contributed by atoms with Gasteiger partial charge in [0.2, 0.25) is 0 Å². The molecule has 0 aliphatic rings. The van der Waals surface area contributed by atoms with Crippen LogP contribution in [0.5, 0.6) is 5.75 Å². The van der Waals surface area contributed by atoms with Gasteiger partial charge in [-0.15, -0.1) is 0 Å². The molecule has 0 saturated carbocycles. The number of rotatable bonds is 5. The van der Waals surface area contributed by atoms with E-state index in [2.05, 4.69) is 9.97 Å². The SMILES string of the molecule is CCOc1ccc(-c2nccc(/C=C/C(=O)O)n2)cc1. The van der Waals surface area contributed by atoms with E-state index in [-0.39, 0.29) is 0 Å². The molecular formula is C15H14N2O3. The topological polar surface area (TPSA) is 72.3 Å². The lowest BCUT2D eigenvalue weighted by atomic mass is 10.2. The number of nitrogens with zero attached hydrogens (tertiary/aromatic N) is 2. The first-order chi connectivity index (χ1) is 9.69. The maximum Gasteiger partial charge on any atom is 0.328 e. The average molecular weight is 270 g/mol. The van der Waals surface area contributed by atoms with Crippen molar-refractivity contribution in [3.05, 3.63) is 48.3 Å². The first kappa shape index (κ1) is 13.7. The molecule has 1 heterocycles. The summed E-state index contributed by atoms with van der Waals surface area (Å²) in [6.07, 6.45) is 4.08. The Labute approximate surface area is 116 Å². The predicted molar refractivity (Wildman–Crippen MR) is 75.3 cm³/mol. The minimum absolute atomic E-state index is 0.542. The van der Waals surface area contributed by atoms with Crippen molar-refractivity contribution in [2.45, 2.75) is 6.92 Å². The minimum Gasteiger partial charge on any atom is -0.494 e. The lowest BCUT2D eigenvalue weighted by Gasteiger charge is -2.04. The van der Waals surface area contributed by atoms with Gasteiger partial charge in [-0.25, -0.2) is 14.8 Å². The maximum atomic E-state index is 10.5. The molecule has 1 N–H and O–H groups in total. The van der Waals surface area contributed by atoms with Crippen molar-refractivity contribution in [2.24, 2.45) is 0 Å². The number of carboxylic acids is 1. The molecule has 0 spiro atoms. The van der Waals surface area contributed by atoms with Gasteiger partial charge in [0.25, 0.3) is 0 Å². The molecule has 0 aliphatic heterocycles. The Kier molecular flexibility index (Phi) is 4.44. The number of carboxylic acid groups (broad SMARTS) is 1. The Hall–Kier alpha value is -2.69. The van der Waals surface area contributed by atoms with Gasteiger partial charge in [0.1, 0.15) is 5.75 Å². The van der Waals surface area contributed by atoms with Crippen molar-refractivity contribution in [3.8, 4) is 17.1 Å². The zero-order chi connectivity index (χ0) is 14.4. The van der Waals surface area contributed by atoms with Crippen molar-refractivity contribution >= 4 is 12.0 Å². The van der Waals surface area contributed by atoms with Crippen LogP contribution in [0.3, 0.4) is 0 Å². The molecule has 0 bridgehead atoms. The second-order valence-electron chi connectivity index (χ2n) is 3.93. The third-order valence-electron chi connectivity index (χ3n) is 2.50. The minimum atomic E-state index is -1.01. The lowest BCUT2D eigenvalue weighted by Crippen LogP contribution is -1.93. The van der Waals surface area contributed by atoms with Gasteiger partial charge >= 0.3 is 5.97 Å². The lowest BCUT2D eigenvalue weighted by molar-refractivity contribution is -0.131. The van der Waals surface area contributed by atoms with Crippen LogP contribution in [0.4, 0.5) is 0 Å². The van der Waals surface area contributed by atoms with E-state index in [1.807, 2.05) is 31.2 Å². The van der Waals surface area contributed by atoms with Gasteiger partial charge in [0.05, 0.1) is 12.3 Å². The fraction of sp³-hybridized carbons (Fsp3) is 0.133. The number of hydrogen-bond acceptors (Lipinski definition) is 4. The van der Waals surface area contributed by atoms with Gasteiger partial charge < -0.3 is 9.84 Å². The highest BCUT2D eigenvalue weighted by Crippen LogP contribution is 2.19. The first-order valence-corrected chi connectivity index (χ1v) is 6.16. The number of hydrogen-bond donors (Lipinski definition) is 1. The molecule has 0 radical (unpaired) electrons. The smallest absolute Gasteiger partial charge is 0.328 e. The Morgan fingerprint density at radius 1 is 1.30 bits per heavy atom. The maximum absolute atomic E-state index is 10.5. The quantitative estimate of drug-likeness (QED) is 0.845. The number of aromatic nitrogens is 2. The van der Waals surface area contributed by atoms with Gasteiger partial charge in [0, 0.05) is 17.8 Å². The molecule has 0 atom stereocenters. The van der Waals surface area contributed by atoms with E-state index in [0.29, 0.717) is 18.1 Å². The largest absolute Gasteiger partial charge is 0.494 e. The summed E-state index contributed by atoms with van der Waals surface area (Å²) >= 11 is 0. The Morgan fingerprint density at radius 3 is 2.70 bits per heavy atom. The van der Waals surface area contributed by atoms with Gasteiger partial charge in [-0.3, -0.25) is 0 Å². The van der Waals surface area contributed by atoms with Crippen LogP contribution >= 0.6 is 0 Å². The second kappa shape index (κ2) is 6.47. The first-order valence-electron chi connectivity index (χ1n) is 6.16. The molecule has 5 heteroatoms.